The minimum absolute atomic E-state index is 0.199. The minimum Gasteiger partial charge on any atom is -0.494 e. The normalized spacial score (nSPS) is 12.5. The molecule has 1 aromatic carbocycles. The number of benzene rings is 1. The highest BCUT2D eigenvalue weighted by Crippen LogP contribution is 2.28. The van der Waals surface area contributed by atoms with Crippen molar-refractivity contribution in [2.75, 3.05) is 6.61 Å². The molecule has 106 valence electrons. The first kappa shape index (κ1) is 15.3. The van der Waals surface area contributed by atoms with Crippen molar-refractivity contribution >= 4 is 5.84 Å². The first-order valence-electron chi connectivity index (χ1n) is 6.69. The van der Waals surface area contributed by atoms with E-state index in [1.165, 1.54) is 5.56 Å². The molecule has 0 amide bonds. The summed E-state index contributed by atoms with van der Waals surface area (Å²) in [6.07, 6.45) is 2.38. The number of hydrogen-bond donors (Lipinski definition) is 2. The summed E-state index contributed by atoms with van der Waals surface area (Å²) in [5, 5.41) is 11.3. The Bertz CT molecular complexity index is 411. The molecule has 0 saturated carbocycles. The first-order chi connectivity index (χ1) is 8.99. The van der Waals surface area contributed by atoms with Crippen LogP contribution >= 0.6 is 0 Å². The van der Waals surface area contributed by atoms with Crippen molar-refractivity contribution in [1.82, 2.24) is 0 Å². The van der Waals surface area contributed by atoms with Gasteiger partial charge in [0, 0.05) is 6.42 Å². The average molecular weight is 264 g/mol. The van der Waals surface area contributed by atoms with E-state index >= 15 is 0 Å². The van der Waals surface area contributed by atoms with Gasteiger partial charge in [0.15, 0.2) is 0 Å². The molecule has 0 radical (unpaired) electrons. The zero-order chi connectivity index (χ0) is 14.3. The second kappa shape index (κ2) is 7.02. The first-order valence-corrected chi connectivity index (χ1v) is 6.69. The van der Waals surface area contributed by atoms with Crippen molar-refractivity contribution in [3.63, 3.8) is 0 Å². The van der Waals surface area contributed by atoms with Crippen molar-refractivity contribution in [2.45, 2.75) is 45.4 Å². The molecule has 1 aromatic rings. The van der Waals surface area contributed by atoms with Crippen LogP contribution in [0.25, 0.3) is 0 Å². The van der Waals surface area contributed by atoms with E-state index in [1.54, 1.807) is 0 Å². The van der Waals surface area contributed by atoms with Crippen LogP contribution in [0.1, 0.15) is 45.6 Å². The van der Waals surface area contributed by atoms with Gasteiger partial charge >= 0.3 is 0 Å². The van der Waals surface area contributed by atoms with E-state index in [4.69, 9.17) is 15.7 Å². The van der Waals surface area contributed by atoms with Crippen LogP contribution in [0.4, 0.5) is 0 Å². The summed E-state index contributed by atoms with van der Waals surface area (Å²) >= 11 is 0. The summed E-state index contributed by atoms with van der Waals surface area (Å²) in [7, 11) is 0. The van der Waals surface area contributed by atoms with Gasteiger partial charge in [0.05, 0.1) is 6.61 Å². The zero-order valence-electron chi connectivity index (χ0n) is 12.0. The Morgan fingerprint density at radius 3 is 2.47 bits per heavy atom. The Kier molecular flexibility index (Phi) is 5.67. The smallest absolute Gasteiger partial charge is 0.139 e. The van der Waals surface area contributed by atoms with E-state index in [-0.39, 0.29) is 11.3 Å². The molecule has 0 spiro atoms. The molecular formula is C15H24N2O2. The number of amidine groups is 1. The topological polar surface area (TPSA) is 67.8 Å². The molecule has 0 unspecified atom stereocenters. The summed E-state index contributed by atoms with van der Waals surface area (Å²) in [5.74, 6) is 1.10. The molecule has 4 heteroatoms. The maximum Gasteiger partial charge on any atom is 0.139 e. The van der Waals surface area contributed by atoms with Crippen molar-refractivity contribution in [2.24, 2.45) is 10.9 Å². The van der Waals surface area contributed by atoms with E-state index in [0.29, 0.717) is 13.0 Å². The number of rotatable bonds is 7. The van der Waals surface area contributed by atoms with Crippen LogP contribution in [0.3, 0.4) is 0 Å². The summed E-state index contributed by atoms with van der Waals surface area (Å²) < 4.78 is 5.61. The van der Waals surface area contributed by atoms with E-state index in [9.17, 15) is 0 Å². The molecule has 0 bridgehead atoms. The highest BCUT2D eigenvalue weighted by atomic mass is 16.5. The Hall–Kier alpha value is -1.71. The highest BCUT2D eigenvalue weighted by Gasteiger charge is 2.17. The van der Waals surface area contributed by atoms with E-state index in [2.05, 4.69) is 38.1 Å². The molecule has 0 aromatic heterocycles. The molecule has 0 fully saturated rings. The lowest BCUT2D eigenvalue weighted by atomic mass is 9.82. The van der Waals surface area contributed by atoms with Gasteiger partial charge in [0.25, 0.3) is 0 Å². The Morgan fingerprint density at radius 1 is 1.32 bits per heavy atom. The predicted molar refractivity (Wildman–Crippen MR) is 77.9 cm³/mol. The lowest BCUT2D eigenvalue weighted by molar-refractivity contribution is 0.305. The van der Waals surface area contributed by atoms with Gasteiger partial charge in [-0.25, -0.2) is 0 Å². The monoisotopic (exact) mass is 264 g/mol. The van der Waals surface area contributed by atoms with Gasteiger partial charge in [0.1, 0.15) is 11.6 Å². The van der Waals surface area contributed by atoms with Crippen LogP contribution in [0.15, 0.2) is 29.4 Å². The lowest BCUT2D eigenvalue weighted by Gasteiger charge is -2.23. The Morgan fingerprint density at radius 2 is 1.95 bits per heavy atom. The van der Waals surface area contributed by atoms with Crippen LogP contribution in [0.2, 0.25) is 0 Å². The second-order valence-electron chi connectivity index (χ2n) is 5.31. The highest BCUT2D eigenvalue weighted by molar-refractivity contribution is 5.79. The quantitative estimate of drug-likeness (QED) is 0.261. The van der Waals surface area contributed by atoms with Gasteiger partial charge in [-0.3, -0.25) is 0 Å². The van der Waals surface area contributed by atoms with Crippen molar-refractivity contribution in [3.8, 4) is 5.75 Å². The molecule has 0 aliphatic carbocycles. The maximum absolute atomic E-state index is 8.40. The number of nitrogens with two attached hydrogens (primary N) is 1. The summed E-state index contributed by atoms with van der Waals surface area (Å²) in [6, 6.07) is 8.22. The molecule has 19 heavy (non-hydrogen) atoms. The standard InChI is InChI=1S/C15H24N2O2/c1-4-15(2,3)12-7-9-13(10-8-12)19-11-5-6-14(16)17-18/h7-10,18H,4-6,11H2,1-3H3,(H2,16,17). The van der Waals surface area contributed by atoms with Crippen molar-refractivity contribution in [1.29, 1.82) is 0 Å². The molecule has 0 aliphatic heterocycles. The van der Waals surface area contributed by atoms with Gasteiger partial charge in [-0.1, -0.05) is 38.1 Å². The third-order valence-electron chi connectivity index (χ3n) is 3.49. The van der Waals surface area contributed by atoms with Crippen LogP contribution in [-0.2, 0) is 5.41 Å². The second-order valence-corrected chi connectivity index (χ2v) is 5.31. The Labute approximate surface area is 115 Å². The van der Waals surface area contributed by atoms with Crippen LogP contribution in [0.5, 0.6) is 5.75 Å². The average Bonchev–Trinajstić information content (AvgIpc) is 2.43. The molecule has 0 heterocycles. The fourth-order valence-electron chi connectivity index (χ4n) is 1.70. The van der Waals surface area contributed by atoms with Crippen LogP contribution < -0.4 is 10.5 Å². The van der Waals surface area contributed by atoms with Crippen LogP contribution in [-0.4, -0.2) is 17.6 Å². The predicted octanol–water partition coefficient (Wildman–Crippen LogP) is 3.28. The molecule has 0 saturated heterocycles. The summed E-state index contributed by atoms with van der Waals surface area (Å²) in [4.78, 5) is 0. The third kappa shape index (κ3) is 4.81. The molecular weight excluding hydrogens is 240 g/mol. The molecule has 0 atom stereocenters. The molecule has 0 aliphatic rings. The molecule has 1 rings (SSSR count). The van der Waals surface area contributed by atoms with Crippen molar-refractivity contribution < 1.29 is 9.94 Å². The fourth-order valence-corrected chi connectivity index (χ4v) is 1.70. The van der Waals surface area contributed by atoms with Crippen LogP contribution in [0, 0.1) is 0 Å². The molecule has 3 N–H and O–H groups in total. The fraction of sp³-hybridized carbons (Fsp3) is 0.533. The number of hydrogen-bond acceptors (Lipinski definition) is 3. The van der Waals surface area contributed by atoms with E-state index < -0.39 is 0 Å². The van der Waals surface area contributed by atoms with E-state index in [0.717, 1.165) is 18.6 Å². The number of nitrogens with zero attached hydrogens (tertiary/aromatic N) is 1. The van der Waals surface area contributed by atoms with Gasteiger partial charge in [-0.15, -0.1) is 0 Å². The number of ether oxygens (including phenoxy) is 1. The number of oxime groups is 1. The minimum atomic E-state index is 0.199. The van der Waals surface area contributed by atoms with Gasteiger partial charge in [-0.05, 0) is 36.0 Å². The Balaban J connectivity index is 2.45. The zero-order valence-corrected chi connectivity index (χ0v) is 12.0. The molecule has 4 nitrogen and oxygen atoms in total. The SMILES string of the molecule is CCC(C)(C)c1ccc(OCCC/C(N)=N/O)cc1. The third-order valence-corrected chi connectivity index (χ3v) is 3.49. The maximum atomic E-state index is 8.40. The largest absolute Gasteiger partial charge is 0.494 e. The summed E-state index contributed by atoms with van der Waals surface area (Å²) in [6.45, 7) is 7.23. The van der Waals surface area contributed by atoms with Crippen molar-refractivity contribution in [3.05, 3.63) is 29.8 Å². The summed E-state index contributed by atoms with van der Waals surface area (Å²) in [5.41, 5.74) is 6.90. The van der Waals surface area contributed by atoms with Gasteiger partial charge in [-0.2, -0.15) is 0 Å². The van der Waals surface area contributed by atoms with Gasteiger partial charge < -0.3 is 15.7 Å². The van der Waals surface area contributed by atoms with E-state index in [1.807, 2.05) is 12.1 Å². The van der Waals surface area contributed by atoms with Gasteiger partial charge in [0.2, 0.25) is 0 Å². The lowest BCUT2D eigenvalue weighted by Crippen LogP contribution is -2.15.